The van der Waals surface area contributed by atoms with Gasteiger partial charge in [0.15, 0.2) is 0 Å². The normalized spacial score (nSPS) is 12.0. The predicted octanol–water partition coefficient (Wildman–Crippen LogP) is 3.53. The first-order chi connectivity index (χ1) is 10.5. The summed E-state index contributed by atoms with van der Waals surface area (Å²) in [5, 5.41) is 4.16. The smallest absolute Gasteiger partial charge is 0.358 e. The highest BCUT2D eigenvalue weighted by Crippen LogP contribution is 2.21. The van der Waals surface area contributed by atoms with Crippen LogP contribution in [0.2, 0.25) is 0 Å². The number of methoxy groups -OCH3 is 1. The molecule has 0 aromatic heterocycles. The highest BCUT2D eigenvalue weighted by Gasteiger charge is 2.16. The molecule has 116 valence electrons. The van der Waals surface area contributed by atoms with Crippen molar-refractivity contribution in [1.29, 1.82) is 0 Å². The Morgan fingerprint density at radius 3 is 2.27 bits per heavy atom. The van der Waals surface area contributed by atoms with Crippen LogP contribution in [0.15, 0.2) is 69.5 Å². The van der Waals surface area contributed by atoms with E-state index in [-0.39, 0.29) is 4.90 Å². The molecule has 7 heteroatoms. The van der Waals surface area contributed by atoms with Gasteiger partial charge in [0.2, 0.25) is 0 Å². The van der Waals surface area contributed by atoms with Crippen LogP contribution >= 0.6 is 11.8 Å². The van der Waals surface area contributed by atoms with Gasteiger partial charge in [0, 0.05) is 4.90 Å². The summed E-state index contributed by atoms with van der Waals surface area (Å²) in [6, 6.07) is 15.4. The molecule has 2 rings (SSSR count). The molecule has 2 aromatic rings. The van der Waals surface area contributed by atoms with E-state index in [1.54, 1.807) is 19.1 Å². The van der Waals surface area contributed by atoms with Crippen LogP contribution in [0.25, 0.3) is 0 Å². The van der Waals surface area contributed by atoms with E-state index in [1.165, 1.54) is 31.0 Å². The maximum Gasteiger partial charge on any atom is 0.358 e. The largest absolute Gasteiger partial charge is 0.497 e. The Kier molecular flexibility index (Phi) is 5.46. The Bertz CT molecular complexity index is 741. The molecule has 0 saturated heterocycles. The molecule has 0 spiro atoms. The topological polar surface area (TPSA) is 65.0 Å². The summed E-state index contributed by atoms with van der Waals surface area (Å²) in [6.07, 6.45) is 0. The molecular weight excluding hydrogens is 322 g/mol. The van der Waals surface area contributed by atoms with Gasteiger partial charge in [0.05, 0.1) is 7.11 Å². The second-order valence-corrected chi connectivity index (χ2v) is 7.02. The van der Waals surface area contributed by atoms with Gasteiger partial charge >= 0.3 is 10.1 Å². The summed E-state index contributed by atoms with van der Waals surface area (Å²) in [6.45, 7) is 1.68. The summed E-state index contributed by atoms with van der Waals surface area (Å²) >= 11 is 1.33. The van der Waals surface area contributed by atoms with E-state index in [4.69, 9.17) is 9.02 Å². The van der Waals surface area contributed by atoms with Gasteiger partial charge in [-0.1, -0.05) is 35.1 Å². The summed E-state index contributed by atoms with van der Waals surface area (Å²) < 4.78 is 33.7. The molecule has 2 aromatic carbocycles. The van der Waals surface area contributed by atoms with E-state index >= 15 is 0 Å². The lowest BCUT2D eigenvalue weighted by molar-refractivity contribution is 0.340. The lowest BCUT2D eigenvalue weighted by Crippen LogP contribution is -2.03. The fourth-order valence-corrected chi connectivity index (χ4v) is 3.09. The molecule has 0 atom stereocenters. The van der Waals surface area contributed by atoms with Crippen LogP contribution in [0, 0.1) is 0 Å². The van der Waals surface area contributed by atoms with Gasteiger partial charge < -0.3 is 4.74 Å². The van der Waals surface area contributed by atoms with E-state index in [0.717, 1.165) is 4.90 Å². The van der Waals surface area contributed by atoms with Gasteiger partial charge in [-0.2, -0.15) is 8.42 Å². The van der Waals surface area contributed by atoms with Crippen molar-refractivity contribution in [2.45, 2.75) is 16.7 Å². The highest BCUT2D eigenvalue weighted by molar-refractivity contribution is 8.13. The Labute approximate surface area is 134 Å². The second-order valence-electron chi connectivity index (χ2n) is 4.23. The number of ether oxygens (including phenoxy) is 1. The Balaban J connectivity index is 2.06. The zero-order valence-electron chi connectivity index (χ0n) is 12.1. The van der Waals surface area contributed by atoms with Gasteiger partial charge in [-0.15, -0.1) is 0 Å². The SMILES string of the molecule is COc1ccc(S(=O)(=O)O/N=C(/C)Sc2ccccc2)cc1. The molecule has 0 fully saturated rings. The zero-order chi connectivity index (χ0) is 16.0. The van der Waals surface area contributed by atoms with Gasteiger partial charge in [0.1, 0.15) is 15.7 Å². The molecule has 0 amide bonds. The predicted molar refractivity (Wildman–Crippen MR) is 86.7 cm³/mol. The number of nitrogens with zero attached hydrogens (tertiary/aromatic N) is 1. The van der Waals surface area contributed by atoms with Crippen LogP contribution in [0.4, 0.5) is 0 Å². The van der Waals surface area contributed by atoms with Gasteiger partial charge in [-0.3, -0.25) is 4.28 Å². The van der Waals surface area contributed by atoms with E-state index in [9.17, 15) is 8.42 Å². The fourth-order valence-electron chi connectivity index (χ4n) is 1.56. The molecule has 5 nitrogen and oxygen atoms in total. The quantitative estimate of drug-likeness (QED) is 0.361. The van der Waals surface area contributed by atoms with Gasteiger partial charge in [0.25, 0.3) is 0 Å². The van der Waals surface area contributed by atoms with Crippen molar-refractivity contribution < 1.29 is 17.4 Å². The third kappa shape index (κ3) is 4.51. The molecule has 0 radical (unpaired) electrons. The molecule has 0 aliphatic heterocycles. The molecule has 0 bridgehead atoms. The first-order valence-corrected chi connectivity index (χ1v) is 8.59. The molecule has 0 heterocycles. The van der Waals surface area contributed by atoms with Crippen molar-refractivity contribution in [2.75, 3.05) is 7.11 Å². The first kappa shape index (κ1) is 16.4. The number of oxime groups is 1. The molecule has 0 aliphatic carbocycles. The standard InChI is InChI=1S/C15H15NO4S2/c1-12(21-14-6-4-3-5-7-14)16-20-22(17,18)15-10-8-13(19-2)9-11-15/h3-11H,1-2H3/b16-12-. The Morgan fingerprint density at radius 2 is 1.68 bits per heavy atom. The van der Waals surface area contributed by atoms with Crippen molar-refractivity contribution in [3.8, 4) is 5.75 Å². The van der Waals surface area contributed by atoms with Gasteiger partial charge in [-0.05, 0) is 43.3 Å². The monoisotopic (exact) mass is 337 g/mol. The van der Waals surface area contributed by atoms with Crippen molar-refractivity contribution in [3.05, 3.63) is 54.6 Å². The van der Waals surface area contributed by atoms with Crippen molar-refractivity contribution >= 4 is 26.9 Å². The Morgan fingerprint density at radius 1 is 1.05 bits per heavy atom. The molecular formula is C15H15NO4S2. The number of hydrogen-bond donors (Lipinski definition) is 0. The van der Waals surface area contributed by atoms with Crippen molar-refractivity contribution in [2.24, 2.45) is 5.16 Å². The minimum absolute atomic E-state index is 0.0227. The van der Waals surface area contributed by atoms with Gasteiger partial charge in [-0.25, -0.2) is 0 Å². The lowest BCUT2D eigenvalue weighted by Gasteiger charge is -2.04. The fraction of sp³-hybridized carbons (Fsp3) is 0.133. The lowest BCUT2D eigenvalue weighted by atomic mass is 10.3. The highest BCUT2D eigenvalue weighted by atomic mass is 32.2. The van der Waals surface area contributed by atoms with Crippen molar-refractivity contribution in [1.82, 2.24) is 0 Å². The van der Waals surface area contributed by atoms with Crippen LogP contribution in [-0.2, 0) is 14.4 Å². The van der Waals surface area contributed by atoms with Crippen LogP contribution < -0.4 is 4.74 Å². The molecule has 0 N–H and O–H groups in total. The zero-order valence-corrected chi connectivity index (χ0v) is 13.7. The van der Waals surface area contributed by atoms with E-state index < -0.39 is 10.1 Å². The van der Waals surface area contributed by atoms with Crippen LogP contribution in [0.3, 0.4) is 0 Å². The summed E-state index contributed by atoms with van der Waals surface area (Å²) in [4.78, 5) is 0.976. The minimum atomic E-state index is -3.93. The number of rotatable bonds is 5. The second kappa shape index (κ2) is 7.33. The Hall–Kier alpha value is -1.99. The third-order valence-corrected chi connectivity index (χ3v) is 4.62. The number of benzene rings is 2. The van der Waals surface area contributed by atoms with E-state index in [0.29, 0.717) is 10.8 Å². The molecule has 0 aliphatic rings. The van der Waals surface area contributed by atoms with Crippen LogP contribution in [0.1, 0.15) is 6.92 Å². The third-order valence-electron chi connectivity index (χ3n) is 2.62. The molecule has 22 heavy (non-hydrogen) atoms. The average molecular weight is 337 g/mol. The minimum Gasteiger partial charge on any atom is -0.497 e. The number of hydrogen-bond acceptors (Lipinski definition) is 6. The first-order valence-electron chi connectivity index (χ1n) is 6.36. The summed E-state index contributed by atoms with van der Waals surface area (Å²) in [5.41, 5.74) is 0. The maximum atomic E-state index is 12.0. The van der Waals surface area contributed by atoms with E-state index in [1.807, 2.05) is 30.3 Å². The van der Waals surface area contributed by atoms with Crippen molar-refractivity contribution in [3.63, 3.8) is 0 Å². The van der Waals surface area contributed by atoms with Crippen LogP contribution in [-0.4, -0.2) is 20.6 Å². The summed E-state index contributed by atoms with van der Waals surface area (Å²) in [5.74, 6) is 0.568. The molecule has 0 unspecified atom stereocenters. The van der Waals surface area contributed by atoms with Crippen LogP contribution in [0.5, 0.6) is 5.75 Å². The maximum absolute atomic E-state index is 12.0. The molecule has 0 saturated carbocycles. The summed E-state index contributed by atoms with van der Waals surface area (Å²) in [7, 11) is -2.42. The van der Waals surface area contributed by atoms with E-state index in [2.05, 4.69) is 5.16 Å². The average Bonchev–Trinajstić information content (AvgIpc) is 2.54. The number of thioether (sulfide) groups is 1.